The summed E-state index contributed by atoms with van der Waals surface area (Å²) in [6.07, 6.45) is -3.80. The molecule has 0 saturated carbocycles. The maximum atomic E-state index is 13.8. The van der Waals surface area contributed by atoms with Gasteiger partial charge in [-0.2, -0.15) is 0 Å². The zero-order valence-electron chi connectivity index (χ0n) is 15.3. The smallest absolute Gasteiger partial charge is 0.395 e. The molecule has 1 aliphatic heterocycles. The molecule has 0 aromatic heterocycles. The summed E-state index contributed by atoms with van der Waals surface area (Å²) < 4.78 is 62.4. The van der Waals surface area contributed by atoms with Crippen LogP contribution in [0.2, 0.25) is 0 Å². The number of ether oxygens (including phenoxy) is 2. The number of alkyl halides is 2. The number of fused-ring (bicyclic) bond motifs is 1. The number of hydrogen-bond acceptors (Lipinski definition) is 4. The van der Waals surface area contributed by atoms with Gasteiger partial charge < -0.3 is 20.1 Å². The molecule has 0 aliphatic carbocycles. The van der Waals surface area contributed by atoms with Gasteiger partial charge in [-0.05, 0) is 30.2 Å². The van der Waals surface area contributed by atoms with E-state index in [1.807, 2.05) is 0 Å². The molecule has 0 radical (unpaired) electrons. The molecule has 10 heteroatoms. The second-order valence-electron chi connectivity index (χ2n) is 6.61. The van der Waals surface area contributed by atoms with Gasteiger partial charge in [0.2, 0.25) is 5.91 Å². The molecule has 1 unspecified atom stereocenters. The number of carbonyl (C=O) groups is 2. The number of benzene rings is 2. The molecule has 2 aromatic rings. The van der Waals surface area contributed by atoms with Crippen LogP contribution in [0.5, 0.6) is 11.5 Å². The van der Waals surface area contributed by atoms with E-state index in [1.165, 1.54) is 12.1 Å². The molecule has 0 fully saturated rings. The summed E-state index contributed by atoms with van der Waals surface area (Å²) >= 11 is 0. The molecule has 154 valence electrons. The van der Waals surface area contributed by atoms with Crippen molar-refractivity contribution >= 4 is 17.5 Å². The van der Waals surface area contributed by atoms with Crippen molar-refractivity contribution in [3.05, 3.63) is 53.6 Å². The van der Waals surface area contributed by atoms with Crippen LogP contribution < -0.4 is 20.1 Å². The van der Waals surface area contributed by atoms with Gasteiger partial charge in [0.25, 0.3) is 5.91 Å². The van der Waals surface area contributed by atoms with Gasteiger partial charge in [0.1, 0.15) is 23.2 Å². The Morgan fingerprint density at radius 2 is 1.62 bits per heavy atom. The van der Waals surface area contributed by atoms with Crippen LogP contribution >= 0.6 is 0 Å². The third-order valence-electron chi connectivity index (χ3n) is 4.09. The summed E-state index contributed by atoms with van der Waals surface area (Å²) in [5, 5.41) is 4.74. The number of anilines is 1. The summed E-state index contributed by atoms with van der Waals surface area (Å²) in [7, 11) is 0. The largest absolute Gasteiger partial charge is 0.586 e. The zero-order chi connectivity index (χ0) is 21.3. The van der Waals surface area contributed by atoms with Crippen LogP contribution in [0.3, 0.4) is 0 Å². The molecule has 0 saturated heterocycles. The lowest BCUT2D eigenvalue weighted by Gasteiger charge is -2.22. The van der Waals surface area contributed by atoms with Crippen molar-refractivity contribution in [1.29, 1.82) is 0 Å². The number of carbonyl (C=O) groups excluding carboxylic acids is 2. The standard InChI is InChI=1S/C19H16F4N2O4/c1-9(2)16(25-17(26)15-11(20)4-3-5-12(15)21)18(27)24-10-6-7-13-14(8-10)29-19(22,23)28-13/h3-9,16H,1-2H3,(H,24,27)(H,25,26). The SMILES string of the molecule is CC(C)C(NC(=O)c1c(F)cccc1F)C(=O)Nc1ccc2c(c1)OC(F)(F)O2. The van der Waals surface area contributed by atoms with Gasteiger partial charge in [0.05, 0.1) is 0 Å². The molecule has 1 aliphatic rings. The van der Waals surface area contributed by atoms with Crippen LogP contribution in [0.15, 0.2) is 36.4 Å². The van der Waals surface area contributed by atoms with Gasteiger partial charge >= 0.3 is 6.29 Å². The molecule has 0 bridgehead atoms. The highest BCUT2D eigenvalue weighted by atomic mass is 19.3. The summed E-state index contributed by atoms with van der Waals surface area (Å²) in [4.78, 5) is 24.9. The highest BCUT2D eigenvalue weighted by molar-refractivity contribution is 6.01. The average molecular weight is 412 g/mol. The predicted molar refractivity (Wildman–Crippen MR) is 93.7 cm³/mol. The van der Waals surface area contributed by atoms with Crippen molar-refractivity contribution in [3.8, 4) is 11.5 Å². The summed E-state index contributed by atoms with van der Waals surface area (Å²) in [5.41, 5.74) is -0.705. The van der Waals surface area contributed by atoms with Crippen LogP contribution in [0, 0.1) is 17.6 Å². The van der Waals surface area contributed by atoms with Crippen molar-refractivity contribution in [2.45, 2.75) is 26.2 Å². The van der Waals surface area contributed by atoms with E-state index in [0.29, 0.717) is 0 Å². The molecule has 3 rings (SSSR count). The van der Waals surface area contributed by atoms with E-state index in [1.54, 1.807) is 13.8 Å². The van der Waals surface area contributed by atoms with E-state index in [0.717, 1.165) is 24.3 Å². The van der Waals surface area contributed by atoms with E-state index in [-0.39, 0.29) is 17.2 Å². The highest BCUT2D eigenvalue weighted by Gasteiger charge is 2.43. The molecule has 29 heavy (non-hydrogen) atoms. The van der Waals surface area contributed by atoms with Crippen LogP contribution in [0.4, 0.5) is 23.2 Å². The number of nitrogens with one attached hydrogen (secondary N) is 2. The van der Waals surface area contributed by atoms with Crippen LogP contribution in [-0.4, -0.2) is 24.2 Å². The highest BCUT2D eigenvalue weighted by Crippen LogP contribution is 2.42. The second-order valence-corrected chi connectivity index (χ2v) is 6.61. The summed E-state index contributed by atoms with van der Waals surface area (Å²) in [6, 6.07) is 5.41. The fourth-order valence-electron chi connectivity index (χ4n) is 2.71. The van der Waals surface area contributed by atoms with Gasteiger partial charge in [-0.15, -0.1) is 8.78 Å². The fraction of sp³-hybridized carbons (Fsp3) is 0.263. The van der Waals surface area contributed by atoms with Gasteiger partial charge in [-0.25, -0.2) is 8.78 Å². The Labute approximate surface area is 162 Å². The summed E-state index contributed by atoms with van der Waals surface area (Å²) in [5.74, 6) is -4.87. The third kappa shape index (κ3) is 4.41. The topological polar surface area (TPSA) is 76.7 Å². The third-order valence-corrected chi connectivity index (χ3v) is 4.09. The first-order valence-electron chi connectivity index (χ1n) is 8.53. The minimum Gasteiger partial charge on any atom is -0.395 e. The Morgan fingerprint density at radius 3 is 2.24 bits per heavy atom. The maximum Gasteiger partial charge on any atom is 0.586 e. The van der Waals surface area contributed by atoms with Crippen LogP contribution in [-0.2, 0) is 4.79 Å². The minimum atomic E-state index is -3.80. The predicted octanol–water partition coefficient (Wildman–Crippen LogP) is 3.68. The van der Waals surface area contributed by atoms with Gasteiger partial charge in [0, 0.05) is 11.8 Å². The van der Waals surface area contributed by atoms with Gasteiger partial charge in [0.15, 0.2) is 11.5 Å². The van der Waals surface area contributed by atoms with Gasteiger partial charge in [-0.3, -0.25) is 9.59 Å². The lowest BCUT2D eigenvalue weighted by Crippen LogP contribution is -2.47. The quantitative estimate of drug-likeness (QED) is 0.735. The lowest BCUT2D eigenvalue weighted by atomic mass is 10.0. The Balaban J connectivity index is 1.75. The Bertz CT molecular complexity index is 945. The van der Waals surface area contributed by atoms with Crippen molar-refractivity contribution < 1.29 is 36.6 Å². The van der Waals surface area contributed by atoms with E-state index in [9.17, 15) is 27.2 Å². The van der Waals surface area contributed by atoms with Crippen molar-refractivity contribution in [3.63, 3.8) is 0 Å². The fourth-order valence-corrected chi connectivity index (χ4v) is 2.71. The van der Waals surface area contributed by atoms with E-state index < -0.39 is 47.3 Å². The molecule has 1 atom stereocenters. The molecule has 6 nitrogen and oxygen atoms in total. The number of amides is 2. The van der Waals surface area contributed by atoms with Gasteiger partial charge in [-0.1, -0.05) is 19.9 Å². The molecule has 2 aromatic carbocycles. The van der Waals surface area contributed by atoms with Crippen LogP contribution in [0.25, 0.3) is 0 Å². The second kappa shape index (κ2) is 7.61. The monoisotopic (exact) mass is 412 g/mol. The maximum absolute atomic E-state index is 13.8. The molecule has 1 heterocycles. The Kier molecular flexibility index (Phi) is 5.36. The first-order chi connectivity index (χ1) is 13.6. The molecule has 2 amide bonds. The Hall–Kier alpha value is -3.30. The van der Waals surface area contributed by atoms with Crippen molar-refractivity contribution in [2.75, 3.05) is 5.32 Å². The Morgan fingerprint density at radius 1 is 1.00 bits per heavy atom. The molecule has 0 spiro atoms. The molecule has 2 N–H and O–H groups in total. The number of hydrogen-bond donors (Lipinski definition) is 2. The van der Waals surface area contributed by atoms with Crippen molar-refractivity contribution in [2.24, 2.45) is 5.92 Å². The number of rotatable bonds is 5. The molecular formula is C19H16F4N2O4. The normalized spacial score (nSPS) is 15.1. The van der Waals surface area contributed by atoms with Crippen LogP contribution in [0.1, 0.15) is 24.2 Å². The zero-order valence-corrected chi connectivity index (χ0v) is 15.3. The number of halogens is 4. The van der Waals surface area contributed by atoms with E-state index in [2.05, 4.69) is 20.1 Å². The minimum absolute atomic E-state index is 0.104. The first-order valence-corrected chi connectivity index (χ1v) is 8.53. The average Bonchev–Trinajstić information content (AvgIpc) is 2.92. The lowest BCUT2D eigenvalue weighted by molar-refractivity contribution is -0.286. The van der Waals surface area contributed by atoms with E-state index >= 15 is 0 Å². The van der Waals surface area contributed by atoms with Crippen molar-refractivity contribution in [1.82, 2.24) is 5.32 Å². The summed E-state index contributed by atoms with van der Waals surface area (Å²) in [6.45, 7) is 3.23. The molecular weight excluding hydrogens is 396 g/mol. The first kappa shape index (κ1) is 20.4. The van der Waals surface area contributed by atoms with E-state index in [4.69, 9.17) is 0 Å².